The van der Waals surface area contributed by atoms with Crippen molar-refractivity contribution in [2.24, 2.45) is 5.73 Å². The molecular formula is C17H23BrN2O4. The number of aliphatic hydroxyl groups excluding tert-OH is 1. The zero-order chi connectivity index (χ0) is 18.1. The average Bonchev–Trinajstić information content (AvgIpc) is 2.73. The van der Waals surface area contributed by atoms with Gasteiger partial charge in [-0.3, -0.25) is 14.5 Å². The van der Waals surface area contributed by atoms with Gasteiger partial charge >= 0.3 is 5.97 Å². The molecule has 3 N–H and O–H groups in total. The molecule has 1 heterocycles. The number of rotatable bonds is 5. The first-order valence-corrected chi connectivity index (χ1v) is 8.61. The van der Waals surface area contributed by atoms with Crippen molar-refractivity contribution in [3.05, 3.63) is 33.8 Å². The summed E-state index contributed by atoms with van der Waals surface area (Å²) in [4.78, 5) is 25.4. The Balaban J connectivity index is 2.07. The second kappa shape index (κ2) is 7.21. The Morgan fingerprint density at radius 2 is 2.12 bits per heavy atom. The molecule has 0 radical (unpaired) electrons. The van der Waals surface area contributed by atoms with Gasteiger partial charge in [0.15, 0.2) is 0 Å². The standard InChI is InChI=1S/C17H23BrN2O4/c1-17(2,3)24-14(21)7-6-13(15(19)22)20-9-10-8-11(18)4-5-12(10)16(20)23/h4-5,8,13,16,23H,6-7,9H2,1-3H3,(H2,19,22)/t13-,16?/m0/s1. The van der Waals surface area contributed by atoms with Gasteiger partial charge in [0, 0.05) is 17.4 Å². The number of fused-ring (bicyclic) bond motifs is 1. The highest BCUT2D eigenvalue weighted by Crippen LogP contribution is 2.35. The van der Waals surface area contributed by atoms with Gasteiger partial charge in [0.1, 0.15) is 11.8 Å². The summed E-state index contributed by atoms with van der Waals surface area (Å²) in [5.41, 5.74) is 6.61. The highest BCUT2D eigenvalue weighted by Gasteiger charge is 2.36. The fourth-order valence-electron chi connectivity index (χ4n) is 2.82. The van der Waals surface area contributed by atoms with Crippen molar-refractivity contribution in [3.63, 3.8) is 0 Å². The molecule has 1 aromatic carbocycles. The first-order valence-electron chi connectivity index (χ1n) is 7.82. The van der Waals surface area contributed by atoms with E-state index < -0.39 is 23.8 Å². The third kappa shape index (κ3) is 4.55. The lowest BCUT2D eigenvalue weighted by Gasteiger charge is -2.28. The second-order valence-corrected chi connectivity index (χ2v) is 7.85. The van der Waals surface area contributed by atoms with Gasteiger partial charge in [-0.15, -0.1) is 0 Å². The van der Waals surface area contributed by atoms with Gasteiger partial charge in [0.25, 0.3) is 0 Å². The van der Waals surface area contributed by atoms with Crippen LogP contribution in [0.25, 0.3) is 0 Å². The van der Waals surface area contributed by atoms with Crippen LogP contribution in [0, 0.1) is 0 Å². The molecule has 0 aliphatic carbocycles. The topological polar surface area (TPSA) is 92.9 Å². The Labute approximate surface area is 150 Å². The van der Waals surface area contributed by atoms with Gasteiger partial charge in [-0.2, -0.15) is 0 Å². The lowest BCUT2D eigenvalue weighted by Crippen LogP contribution is -2.44. The van der Waals surface area contributed by atoms with Crippen molar-refractivity contribution in [2.75, 3.05) is 0 Å². The minimum Gasteiger partial charge on any atom is -0.460 e. The maximum atomic E-state index is 11.9. The predicted molar refractivity (Wildman–Crippen MR) is 92.7 cm³/mol. The number of amides is 1. The monoisotopic (exact) mass is 398 g/mol. The number of hydrogen-bond donors (Lipinski definition) is 2. The maximum absolute atomic E-state index is 11.9. The highest BCUT2D eigenvalue weighted by atomic mass is 79.9. The molecule has 1 unspecified atom stereocenters. The van der Waals surface area contributed by atoms with Crippen molar-refractivity contribution < 1.29 is 19.4 Å². The van der Waals surface area contributed by atoms with E-state index in [9.17, 15) is 14.7 Å². The molecule has 1 aliphatic heterocycles. The molecule has 1 aliphatic rings. The number of aliphatic hydroxyl groups is 1. The van der Waals surface area contributed by atoms with Gasteiger partial charge < -0.3 is 15.6 Å². The summed E-state index contributed by atoms with van der Waals surface area (Å²) in [6, 6.07) is 4.82. The summed E-state index contributed by atoms with van der Waals surface area (Å²) < 4.78 is 6.16. The van der Waals surface area contributed by atoms with Crippen LogP contribution in [-0.2, 0) is 20.9 Å². The first kappa shape index (κ1) is 18.9. The summed E-state index contributed by atoms with van der Waals surface area (Å²) in [5.74, 6) is -0.952. The van der Waals surface area contributed by atoms with Crippen molar-refractivity contribution in [2.45, 2.75) is 58.0 Å². The first-order chi connectivity index (χ1) is 11.1. The third-order valence-corrected chi connectivity index (χ3v) is 4.31. The molecule has 0 bridgehead atoms. The number of carbonyl (C=O) groups excluding carboxylic acids is 2. The molecule has 0 fully saturated rings. The molecule has 0 spiro atoms. The van der Waals surface area contributed by atoms with Crippen LogP contribution >= 0.6 is 15.9 Å². The lowest BCUT2D eigenvalue weighted by atomic mass is 10.1. The number of nitrogens with zero attached hydrogens (tertiary/aromatic N) is 1. The van der Waals surface area contributed by atoms with Crippen molar-refractivity contribution in [1.82, 2.24) is 4.90 Å². The molecule has 7 heteroatoms. The Kier molecular flexibility index (Phi) is 5.67. The zero-order valence-corrected chi connectivity index (χ0v) is 15.7. The smallest absolute Gasteiger partial charge is 0.306 e. The van der Waals surface area contributed by atoms with E-state index in [4.69, 9.17) is 10.5 Å². The average molecular weight is 399 g/mol. The molecular weight excluding hydrogens is 376 g/mol. The molecule has 0 aromatic heterocycles. The van der Waals surface area contributed by atoms with E-state index in [0.29, 0.717) is 6.54 Å². The zero-order valence-electron chi connectivity index (χ0n) is 14.1. The third-order valence-electron chi connectivity index (χ3n) is 3.82. The molecule has 2 atom stereocenters. The van der Waals surface area contributed by atoms with Crippen LogP contribution in [0.4, 0.5) is 0 Å². The normalized spacial score (nSPS) is 19.0. The summed E-state index contributed by atoms with van der Waals surface area (Å²) in [5, 5.41) is 10.5. The molecule has 6 nitrogen and oxygen atoms in total. The quantitative estimate of drug-likeness (QED) is 0.741. The van der Waals surface area contributed by atoms with Gasteiger partial charge in [-0.1, -0.05) is 22.0 Å². The number of nitrogens with two attached hydrogens (primary N) is 1. The van der Waals surface area contributed by atoms with E-state index in [0.717, 1.165) is 15.6 Å². The SMILES string of the molecule is CC(C)(C)OC(=O)CC[C@@H](C(N)=O)N1Cc2cc(Br)ccc2C1O. The Bertz CT molecular complexity index is 642. The lowest BCUT2D eigenvalue weighted by molar-refractivity contribution is -0.155. The fourth-order valence-corrected chi connectivity index (χ4v) is 3.23. The van der Waals surface area contributed by atoms with Crippen LogP contribution in [0.5, 0.6) is 0 Å². The van der Waals surface area contributed by atoms with E-state index in [1.165, 1.54) is 0 Å². The van der Waals surface area contributed by atoms with Crippen LogP contribution in [0.15, 0.2) is 22.7 Å². The second-order valence-electron chi connectivity index (χ2n) is 6.93. The van der Waals surface area contributed by atoms with Gasteiger partial charge in [-0.25, -0.2) is 0 Å². The number of halogens is 1. The van der Waals surface area contributed by atoms with Crippen LogP contribution in [-0.4, -0.2) is 33.5 Å². The number of esters is 1. The van der Waals surface area contributed by atoms with Crippen molar-refractivity contribution >= 4 is 27.8 Å². The molecule has 1 aromatic rings. The highest BCUT2D eigenvalue weighted by molar-refractivity contribution is 9.10. The van der Waals surface area contributed by atoms with Crippen LogP contribution in [0.3, 0.4) is 0 Å². The Morgan fingerprint density at radius 3 is 2.71 bits per heavy atom. The van der Waals surface area contributed by atoms with Crippen molar-refractivity contribution in [1.29, 1.82) is 0 Å². The minimum absolute atomic E-state index is 0.0636. The molecule has 24 heavy (non-hydrogen) atoms. The van der Waals surface area contributed by atoms with Crippen LogP contribution in [0.2, 0.25) is 0 Å². The van der Waals surface area contributed by atoms with Crippen LogP contribution < -0.4 is 5.73 Å². The van der Waals surface area contributed by atoms with Gasteiger partial charge in [0.05, 0.1) is 6.04 Å². The number of ether oxygens (including phenoxy) is 1. The summed E-state index contributed by atoms with van der Waals surface area (Å²) in [6.07, 6.45) is -0.644. The van der Waals surface area contributed by atoms with Crippen molar-refractivity contribution in [3.8, 4) is 0 Å². The van der Waals surface area contributed by atoms with E-state index >= 15 is 0 Å². The Hall–Kier alpha value is -1.44. The van der Waals surface area contributed by atoms with E-state index in [-0.39, 0.29) is 18.8 Å². The minimum atomic E-state index is -0.913. The van der Waals surface area contributed by atoms with E-state index in [2.05, 4.69) is 15.9 Å². The molecule has 132 valence electrons. The number of primary amides is 1. The molecule has 1 amide bonds. The van der Waals surface area contributed by atoms with Crippen LogP contribution in [0.1, 0.15) is 51.0 Å². The summed E-state index contributed by atoms with van der Waals surface area (Å²) in [6.45, 7) is 5.76. The number of carbonyl (C=O) groups is 2. The molecule has 0 saturated heterocycles. The Morgan fingerprint density at radius 1 is 1.46 bits per heavy atom. The van der Waals surface area contributed by atoms with E-state index in [1.54, 1.807) is 25.7 Å². The number of benzene rings is 1. The molecule has 0 saturated carbocycles. The largest absolute Gasteiger partial charge is 0.460 e. The maximum Gasteiger partial charge on any atom is 0.306 e. The van der Waals surface area contributed by atoms with E-state index in [1.807, 2.05) is 18.2 Å². The van der Waals surface area contributed by atoms with Gasteiger partial charge in [0.2, 0.25) is 5.91 Å². The summed E-state index contributed by atoms with van der Waals surface area (Å²) >= 11 is 3.40. The molecule has 2 rings (SSSR count). The fraction of sp³-hybridized carbons (Fsp3) is 0.529. The van der Waals surface area contributed by atoms with Gasteiger partial charge in [-0.05, 0) is 50.5 Å². The summed E-state index contributed by atoms with van der Waals surface area (Å²) in [7, 11) is 0. The predicted octanol–water partition coefficient (Wildman–Crippen LogP) is 2.23. The number of hydrogen-bond acceptors (Lipinski definition) is 5.